The Labute approximate surface area is 130 Å². The molecule has 0 saturated carbocycles. The first-order valence-electron chi connectivity index (χ1n) is 7.26. The van der Waals surface area contributed by atoms with Crippen LogP contribution in [0.5, 0.6) is 0 Å². The minimum Gasteiger partial charge on any atom is -0.288 e. The van der Waals surface area contributed by atoms with Crippen LogP contribution in [-0.4, -0.2) is 15.6 Å². The lowest BCUT2D eigenvalue weighted by molar-refractivity contribution is 0.103. The van der Waals surface area contributed by atoms with Crippen LogP contribution in [0, 0.1) is 13.8 Å². The van der Waals surface area contributed by atoms with Gasteiger partial charge in [0.2, 0.25) is 0 Å². The lowest BCUT2D eigenvalue weighted by atomic mass is 9.99. The minimum absolute atomic E-state index is 0.00340. The summed E-state index contributed by atoms with van der Waals surface area (Å²) < 4.78 is 1.76. The lowest BCUT2D eigenvalue weighted by Gasteiger charge is -2.07. The highest BCUT2D eigenvalue weighted by Crippen LogP contribution is 2.25. The molecule has 0 aliphatic carbocycles. The van der Waals surface area contributed by atoms with Gasteiger partial charge < -0.3 is 0 Å². The third-order valence-corrected chi connectivity index (χ3v) is 3.82. The van der Waals surface area contributed by atoms with Gasteiger partial charge in [-0.2, -0.15) is 5.10 Å². The number of hydrogen-bond acceptors (Lipinski definition) is 2. The second-order valence-electron chi connectivity index (χ2n) is 5.59. The average molecular weight is 290 g/mol. The number of aromatic nitrogens is 2. The van der Waals surface area contributed by atoms with Gasteiger partial charge in [0.05, 0.1) is 17.5 Å². The van der Waals surface area contributed by atoms with Gasteiger partial charge in [-0.15, -0.1) is 0 Å². The van der Waals surface area contributed by atoms with Crippen LogP contribution >= 0.6 is 0 Å². The maximum atomic E-state index is 12.8. The summed E-state index contributed by atoms with van der Waals surface area (Å²) >= 11 is 0. The number of rotatable bonds is 3. The number of ketones is 1. The smallest absolute Gasteiger partial charge is 0.196 e. The van der Waals surface area contributed by atoms with Crippen molar-refractivity contribution in [2.75, 3.05) is 0 Å². The summed E-state index contributed by atoms with van der Waals surface area (Å²) in [6.07, 6.45) is 1.65. The summed E-state index contributed by atoms with van der Waals surface area (Å²) in [5, 5.41) is 4.28. The molecular formula is C19H18N2O. The molecule has 0 saturated heterocycles. The predicted molar refractivity (Wildman–Crippen MR) is 88.0 cm³/mol. The maximum absolute atomic E-state index is 12.8. The van der Waals surface area contributed by atoms with Gasteiger partial charge in [-0.3, -0.25) is 9.48 Å². The van der Waals surface area contributed by atoms with Crippen molar-refractivity contribution in [1.29, 1.82) is 0 Å². The van der Waals surface area contributed by atoms with E-state index in [9.17, 15) is 4.79 Å². The van der Waals surface area contributed by atoms with Gasteiger partial charge in [0.25, 0.3) is 0 Å². The van der Waals surface area contributed by atoms with Crippen molar-refractivity contribution in [3.8, 4) is 11.3 Å². The minimum atomic E-state index is 0.00340. The second-order valence-corrected chi connectivity index (χ2v) is 5.59. The first kappa shape index (κ1) is 14.3. The summed E-state index contributed by atoms with van der Waals surface area (Å²) in [7, 11) is 1.86. The Kier molecular flexibility index (Phi) is 3.63. The zero-order valence-electron chi connectivity index (χ0n) is 13.0. The SMILES string of the molecule is Cc1ccc(C(=O)c2cnn(C)c2-c2ccc(C)cc2)cc1. The Morgan fingerprint density at radius 3 is 2.05 bits per heavy atom. The molecule has 0 atom stereocenters. The Morgan fingerprint density at radius 2 is 1.45 bits per heavy atom. The highest BCUT2D eigenvalue weighted by atomic mass is 16.1. The van der Waals surface area contributed by atoms with Crippen molar-refractivity contribution in [3.05, 3.63) is 77.0 Å². The van der Waals surface area contributed by atoms with Crippen molar-refractivity contribution < 1.29 is 4.79 Å². The van der Waals surface area contributed by atoms with Gasteiger partial charge in [-0.05, 0) is 13.8 Å². The molecule has 0 aliphatic heterocycles. The fourth-order valence-corrected chi connectivity index (χ4v) is 2.52. The number of carbonyl (C=O) groups excluding carboxylic acids is 1. The summed E-state index contributed by atoms with van der Waals surface area (Å²) in [5.41, 5.74) is 5.51. The quantitative estimate of drug-likeness (QED) is 0.685. The van der Waals surface area contributed by atoms with Crippen molar-refractivity contribution >= 4 is 5.78 Å². The molecule has 3 heteroatoms. The van der Waals surface area contributed by atoms with E-state index >= 15 is 0 Å². The number of hydrogen-bond donors (Lipinski definition) is 0. The van der Waals surface area contributed by atoms with Crippen LogP contribution in [0.4, 0.5) is 0 Å². The third-order valence-electron chi connectivity index (χ3n) is 3.82. The summed E-state index contributed by atoms with van der Waals surface area (Å²) in [5.74, 6) is 0.00340. The molecule has 0 unspecified atom stereocenters. The Morgan fingerprint density at radius 1 is 0.909 bits per heavy atom. The Bertz CT molecular complexity index is 812. The van der Waals surface area contributed by atoms with Crippen molar-refractivity contribution in [3.63, 3.8) is 0 Å². The van der Waals surface area contributed by atoms with Crippen LogP contribution in [0.1, 0.15) is 27.0 Å². The van der Waals surface area contributed by atoms with Gasteiger partial charge in [0, 0.05) is 18.2 Å². The van der Waals surface area contributed by atoms with E-state index in [0.29, 0.717) is 11.1 Å². The zero-order chi connectivity index (χ0) is 15.7. The molecule has 0 bridgehead atoms. The van der Waals surface area contributed by atoms with E-state index in [0.717, 1.165) is 16.8 Å². The molecule has 1 heterocycles. The molecule has 0 amide bonds. The highest BCUT2D eigenvalue weighted by Gasteiger charge is 2.18. The molecular weight excluding hydrogens is 272 g/mol. The molecule has 3 nitrogen and oxygen atoms in total. The van der Waals surface area contributed by atoms with E-state index < -0.39 is 0 Å². The molecule has 3 rings (SSSR count). The second kappa shape index (κ2) is 5.60. The van der Waals surface area contributed by atoms with Crippen LogP contribution < -0.4 is 0 Å². The number of aryl methyl sites for hydroxylation is 3. The molecule has 2 aromatic carbocycles. The van der Waals surface area contributed by atoms with Gasteiger partial charge >= 0.3 is 0 Å². The van der Waals surface area contributed by atoms with Crippen LogP contribution in [-0.2, 0) is 7.05 Å². The fraction of sp³-hybridized carbons (Fsp3) is 0.158. The van der Waals surface area contributed by atoms with Gasteiger partial charge in [-0.25, -0.2) is 0 Å². The van der Waals surface area contributed by atoms with E-state index in [1.54, 1.807) is 10.9 Å². The summed E-state index contributed by atoms with van der Waals surface area (Å²) in [6.45, 7) is 4.06. The maximum Gasteiger partial charge on any atom is 0.196 e. The predicted octanol–water partition coefficient (Wildman–Crippen LogP) is 3.93. The fourth-order valence-electron chi connectivity index (χ4n) is 2.52. The highest BCUT2D eigenvalue weighted by molar-refractivity contribution is 6.12. The van der Waals surface area contributed by atoms with Crippen LogP contribution in [0.3, 0.4) is 0 Å². The lowest BCUT2D eigenvalue weighted by Crippen LogP contribution is -2.04. The van der Waals surface area contributed by atoms with E-state index in [1.807, 2.05) is 69.4 Å². The molecule has 0 aliphatic rings. The largest absolute Gasteiger partial charge is 0.288 e. The first-order valence-corrected chi connectivity index (χ1v) is 7.26. The standard InChI is InChI=1S/C19H18N2O/c1-13-4-8-15(9-5-13)18-17(12-20-21(18)3)19(22)16-10-6-14(2)7-11-16/h4-12H,1-3H3. The van der Waals surface area contributed by atoms with E-state index in [-0.39, 0.29) is 5.78 Å². The van der Waals surface area contributed by atoms with Crippen LogP contribution in [0.2, 0.25) is 0 Å². The molecule has 1 aromatic heterocycles. The van der Waals surface area contributed by atoms with Crippen molar-refractivity contribution in [1.82, 2.24) is 9.78 Å². The first-order chi connectivity index (χ1) is 10.6. The molecule has 0 fully saturated rings. The number of benzene rings is 2. The molecule has 110 valence electrons. The molecule has 0 radical (unpaired) electrons. The van der Waals surface area contributed by atoms with Crippen molar-refractivity contribution in [2.24, 2.45) is 7.05 Å². The molecule has 22 heavy (non-hydrogen) atoms. The zero-order valence-corrected chi connectivity index (χ0v) is 13.0. The van der Waals surface area contributed by atoms with Gasteiger partial charge in [0.15, 0.2) is 5.78 Å². The third kappa shape index (κ3) is 2.58. The van der Waals surface area contributed by atoms with Crippen LogP contribution in [0.15, 0.2) is 54.7 Å². The van der Waals surface area contributed by atoms with Crippen LogP contribution in [0.25, 0.3) is 11.3 Å². The topological polar surface area (TPSA) is 34.9 Å². The van der Waals surface area contributed by atoms with E-state index in [4.69, 9.17) is 0 Å². The van der Waals surface area contributed by atoms with Gasteiger partial charge in [0.1, 0.15) is 0 Å². The Hall–Kier alpha value is -2.68. The monoisotopic (exact) mass is 290 g/mol. The normalized spacial score (nSPS) is 10.7. The van der Waals surface area contributed by atoms with E-state index in [2.05, 4.69) is 5.10 Å². The molecule has 0 spiro atoms. The summed E-state index contributed by atoms with van der Waals surface area (Å²) in [6, 6.07) is 15.8. The van der Waals surface area contributed by atoms with Gasteiger partial charge in [-0.1, -0.05) is 59.7 Å². The number of carbonyl (C=O) groups is 1. The van der Waals surface area contributed by atoms with Crippen molar-refractivity contribution in [2.45, 2.75) is 13.8 Å². The summed E-state index contributed by atoms with van der Waals surface area (Å²) in [4.78, 5) is 12.8. The number of nitrogens with zero attached hydrogens (tertiary/aromatic N) is 2. The average Bonchev–Trinajstić information content (AvgIpc) is 2.90. The van der Waals surface area contributed by atoms with E-state index in [1.165, 1.54) is 5.56 Å². The Balaban J connectivity index is 2.07. The molecule has 0 N–H and O–H groups in total. The molecule has 3 aromatic rings.